The largest absolute Gasteiger partial charge is 0.481 e. The molecule has 1 spiro atoms. The van der Waals surface area contributed by atoms with Crippen LogP contribution in [0.4, 0.5) is 0 Å². The maximum Gasteiger partial charge on any atom is 0.310 e. The molecule has 3 aliphatic rings. The van der Waals surface area contributed by atoms with E-state index in [2.05, 4.69) is 16.9 Å². The van der Waals surface area contributed by atoms with E-state index >= 15 is 0 Å². The SMILES string of the molecule is C=CCN(Cn1nnc2ccccc21)C(=O)[C@H]1N([C@@H](CO)C(C)C)C(=O)[C@@H]2[C@@H](C(=O)O)[C@H]3CC[C@]21O3. The summed E-state index contributed by atoms with van der Waals surface area (Å²) in [4.78, 5) is 43.3. The van der Waals surface area contributed by atoms with E-state index in [0.717, 1.165) is 5.52 Å². The lowest BCUT2D eigenvalue weighted by atomic mass is 9.70. The molecule has 1 aromatic carbocycles. The molecule has 2 bridgehead atoms. The van der Waals surface area contributed by atoms with Crippen LogP contribution in [0.3, 0.4) is 0 Å². The topological polar surface area (TPSA) is 138 Å². The summed E-state index contributed by atoms with van der Waals surface area (Å²) in [6, 6.07) is 5.65. The number of nitrogens with zero attached hydrogens (tertiary/aromatic N) is 5. The first-order valence-electron chi connectivity index (χ1n) is 12.3. The summed E-state index contributed by atoms with van der Waals surface area (Å²) >= 11 is 0. The molecule has 1 aromatic heterocycles. The Morgan fingerprint density at radius 3 is 2.78 bits per heavy atom. The number of likely N-dealkylation sites (tertiary alicyclic amines) is 1. The lowest BCUT2D eigenvalue weighted by Crippen LogP contribution is -2.59. The number of para-hydroxylation sites is 1. The number of carboxylic acid groups (broad SMARTS) is 1. The predicted octanol–water partition coefficient (Wildman–Crippen LogP) is 0.880. The first-order chi connectivity index (χ1) is 17.2. The molecular formula is C25H31N5O6. The van der Waals surface area contributed by atoms with Crippen molar-refractivity contribution in [2.24, 2.45) is 17.8 Å². The number of carbonyl (C=O) groups excluding carboxylic acids is 2. The summed E-state index contributed by atoms with van der Waals surface area (Å²) in [5.41, 5.74) is 0.171. The van der Waals surface area contributed by atoms with Gasteiger partial charge in [-0.25, -0.2) is 4.68 Å². The number of rotatable bonds is 9. The molecule has 0 saturated carbocycles. The highest BCUT2D eigenvalue weighted by molar-refractivity contribution is 5.98. The Kier molecular flexibility index (Phi) is 6.08. The van der Waals surface area contributed by atoms with Crippen molar-refractivity contribution in [3.8, 4) is 0 Å². The smallest absolute Gasteiger partial charge is 0.310 e. The summed E-state index contributed by atoms with van der Waals surface area (Å²) in [5, 5.41) is 28.5. The van der Waals surface area contributed by atoms with Crippen LogP contribution in [0.5, 0.6) is 0 Å². The molecule has 2 amide bonds. The molecule has 0 unspecified atom stereocenters. The molecule has 11 nitrogen and oxygen atoms in total. The van der Waals surface area contributed by atoms with Crippen molar-refractivity contribution < 1.29 is 29.3 Å². The van der Waals surface area contributed by atoms with E-state index in [1.165, 1.54) is 9.80 Å². The number of aliphatic hydroxyl groups excluding tert-OH is 1. The zero-order valence-electron chi connectivity index (χ0n) is 20.4. The molecule has 0 radical (unpaired) electrons. The highest BCUT2D eigenvalue weighted by Gasteiger charge is 2.75. The van der Waals surface area contributed by atoms with E-state index in [1.54, 1.807) is 10.8 Å². The second kappa shape index (κ2) is 8.97. The van der Waals surface area contributed by atoms with Crippen LogP contribution in [0.1, 0.15) is 26.7 Å². The number of hydrogen-bond acceptors (Lipinski definition) is 7. The fraction of sp³-hybridized carbons (Fsp3) is 0.560. The first kappa shape index (κ1) is 24.4. The molecule has 3 saturated heterocycles. The molecule has 4 heterocycles. The van der Waals surface area contributed by atoms with Crippen LogP contribution >= 0.6 is 0 Å². The average Bonchev–Trinajstić information content (AvgIpc) is 3.59. The Labute approximate surface area is 208 Å². The zero-order chi connectivity index (χ0) is 25.8. The van der Waals surface area contributed by atoms with Gasteiger partial charge >= 0.3 is 5.97 Å². The first-order valence-corrected chi connectivity index (χ1v) is 12.3. The normalized spacial score (nSPS) is 29.7. The van der Waals surface area contributed by atoms with Gasteiger partial charge in [0.05, 0.1) is 36.1 Å². The van der Waals surface area contributed by atoms with Gasteiger partial charge in [-0.1, -0.05) is 37.3 Å². The van der Waals surface area contributed by atoms with E-state index in [-0.39, 0.29) is 25.7 Å². The van der Waals surface area contributed by atoms with Crippen molar-refractivity contribution >= 4 is 28.8 Å². The van der Waals surface area contributed by atoms with Gasteiger partial charge in [-0.05, 0) is 30.9 Å². The molecule has 3 fully saturated rings. The minimum Gasteiger partial charge on any atom is -0.481 e. The highest BCUT2D eigenvalue weighted by Crippen LogP contribution is 2.59. The molecule has 36 heavy (non-hydrogen) atoms. The number of hydrogen-bond donors (Lipinski definition) is 2. The molecule has 0 aliphatic carbocycles. The van der Waals surface area contributed by atoms with E-state index in [9.17, 15) is 24.6 Å². The Morgan fingerprint density at radius 1 is 1.36 bits per heavy atom. The third kappa shape index (κ3) is 3.44. The lowest BCUT2D eigenvalue weighted by Gasteiger charge is -2.40. The average molecular weight is 498 g/mol. The standard InChI is InChI=1S/C25H31N5O6/c1-4-11-28(13-29-16-8-6-5-7-15(16)26-27-29)23(33)21-25-10-9-18(36-25)19(24(34)35)20(25)22(32)30(21)17(12-31)14(2)3/h4-8,14,17-21,31H,1,9-13H2,2-3H3,(H,34,35)/t17-,18+,19-,20-,21+,25-/m0/s1. The number of aliphatic hydroxyl groups is 1. The fourth-order valence-electron chi connectivity index (χ4n) is 6.36. The van der Waals surface area contributed by atoms with E-state index < -0.39 is 53.4 Å². The minimum absolute atomic E-state index is 0.0574. The number of carboxylic acids is 1. The lowest BCUT2D eigenvalue weighted by molar-refractivity contribution is -0.155. The van der Waals surface area contributed by atoms with Gasteiger partial charge in [-0.15, -0.1) is 11.7 Å². The van der Waals surface area contributed by atoms with Crippen LogP contribution in [0.15, 0.2) is 36.9 Å². The fourth-order valence-corrected chi connectivity index (χ4v) is 6.36. The minimum atomic E-state index is -1.26. The molecule has 5 rings (SSSR count). The predicted molar refractivity (Wildman–Crippen MR) is 127 cm³/mol. The second-order valence-electron chi connectivity index (χ2n) is 10.2. The number of benzene rings is 1. The number of carbonyl (C=O) groups is 3. The zero-order valence-corrected chi connectivity index (χ0v) is 20.4. The summed E-state index contributed by atoms with van der Waals surface area (Å²) in [6.07, 6.45) is 1.83. The van der Waals surface area contributed by atoms with Gasteiger partial charge in [-0.2, -0.15) is 0 Å². The highest BCUT2D eigenvalue weighted by atomic mass is 16.5. The van der Waals surface area contributed by atoms with Crippen molar-refractivity contribution in [1.82, 2.24) is 24.8 Å². The number of aliphatic carboxylic acids is 1. The molecule has 2 aromatic rings. The van der Waals surface area contributed by atoms with Crippen LogP contribution in [0.2, 0.25) is 0 Å². The van der Waals surface area contributed by atoms with Crippen LogP contribution in [0.25, 0.3) is 11.0 Å². The van der Waals surface area contributed by atoms with Gasteiger partial charge in [0, 0.05) is 6.54 Å². The molecule has 192 valence electrons. The summed E-state index contributed by atoms with van der Waals surface area (Å²) in [7, 11) is 0. The molecular weight excluding hydrogens is 466 g/mol. The Balaban J connectivity index is 1.57. The van der Waals surface area contributed by atoms with Crippen molar-refractivity contribution in [3.63, 3.8) is 0 Å². The van der Waals surface area contributed by atoms with Crippen molar-refractivity contribution in [2.75, 3.05) is 13.2 Å². The quantitative estimate of drug-likeness (QED) is 0.487. The van der Waals surface area contributed by atoms with E-state index in [0.29, 0.717) is 18.4 Å². The Morgan fingerprint density at radius 2 is 2.11 bits per heavy atom. The third-order valence-corrected chi connectivity index (χ3v) is 7.96. The van der Waals surface area contributed by atoms with Gasteiger partial charge in [0.2, 0.25) is 11.8 Å². The van der Waals surface area contributed by atoms with Gasteiger partial charge in [0.25, 0.3) is 0 Å². The number of ether oxygens (including phenoxy) is 1. The summed E-state index contributed by atoms with van der Waals surface area (Å²) in [5.74, 6) is -4.11. The second-order valence-corrected chi connectivity index (χ2v) is 10.2. The van der Waals surface area contributed by atoms with Crippen LogP contribution < -0.4 is 0 Å². The van der Waals surface area contributed by atoms with Crippen LogP contribution in [0, 0.1) is 17.8 Å². The van der Waals surface area contributed by atoms with Crippen molar-refractivity contribution in [2.45, 2.75) is 57.1 Å². The molecule has 3 aliphatic heterocycles. The van der Waals surface area contributed by atoms with Crippen LogP contribution in [-0.4, -0.2) is 89.7 Å². The number of amides is 2. The monoisotopic (exact) mass is 497 g/mol. The Bertz CT molecular complexity index is 1210. The third-order valence-electron chi connectivity index (χ3n) is 7.96. The van der Waals surface area contributed by atoms with E-state index in [1.807, 2.05) is 38.1 Å². The molecule has 2 N–H and O–H groups in total. The summed E-state index contributed by atoms with van der Waals surface area (Å²) in [6.45, 7) is 7.38. The van der Waals surface area contributed by atoms with Crippen molar-refractivity contribution in [3.05, 3.63) is 36.9 Å². The maximum absolute atomic E-state index is 14.3. The van der Waals surface area contributed by atoms with Gasteiger partial charge < -0.3 is 24.7 Å². The van der Waals surface area contributed by atoms with Gasteiger partial charge in [0.1, 0.15) is 23.8 Å². The van der Waals surface area contributed by atoms with E-state index in [4.69, 9.17) is 4.74 Å². The Hall–Kier alpha value is -3.31. The number of aromatic nitrogens is 3. The maximum atomic E-state index is 14.3. The van der Waals surface area contributed by atoms with Crippen LogP contribution in [-0.2, 0) is 25.8 Å². The number of fused-ring (bicyclic) bond motifs is 2. The van der Waals surface area contributed by atoms with Gasteiger partial charge in [-0.3, -0.25) is 14.4 Å². The molecule has 6 atom stereocenters. The van der Waals surface area contributed by atoms with Gasteiger partial charge in [0.15, 0.2) is 0 Å². The molecule has 11 heteroatoms. The van der Waals surface area contributed by atoms with Crippen molar-refractivity contribution in [1.29, 1.82) is 0 Å². The summed E-state index contributed by atoms with van der Waals surface area (Å²) < 4.78 is 7.87.